The lowest BCUT2D eigenvalue weighted by Crippen LogP contribution is -2.41. The molecular formula is C31H39ClN2O4. The van der Waals surface area contributed by atoms with Gasteiger partial charge in [-0.2, -0.15) is 0 Å². The minimum absolute atomic E-state index is 0.193. The lowest BCUT2D eigenvalue weighted by molar-refractivity contribution is -0.137. The van der Waals surface area contributed by atoms with Crippen molar-refractivity contribution in [2.45, 2.75) is 57.5 Å². The maximum absolute atomic E-state index is 11.4. The summed E-state index contributed by atoms with van der Waals surface area (Å²) in [5, 5.41) is 22.2. The summed E-state index contributed by atoms with van der Waals surface area (Å²) in [6.45, 7) is 2.97. The zero-order valence-corrected chi connectivity index (χ0v) is 22.9. The van der Waals surface area contributed by atoms with Gasteiger partial charge >= 0.3 is 5.97 Å². The number of pyridine rings is 1. The maximum atomic E-state index is 11.4. The van der Waals surface area contributed by atoms with E-state index < -0.39 is 12.1 Å². The van der Waals surface area contributed by atoms with Crippen molar-refractivity contribution in [3.63, 3.8) is 0 Å². The largest absolute Gasteiger partial charge is 0.497 e. The average Bonchev–Trinajstić information content (AvgIpc) is 2.93. The molecule has 204 valence electrons. The molecule has 0 unspecified atom stereocenters. The molecule has 1 fully saturated rings. The number of carbonyl (C=O) groups is 1. The first kappa shape index (κ1) is 28.3. The van der Waals surface area contributed by atoms with Crippen LogP contribution in [-0.4, -0.2) is 52.8 Å². The predicted molar refractivity (Wildman–Crippen MR) is 152 cm³/mol. The van der Waals surface area contributed by atoms with Gasteiger partial charge in [-0.05, 0) is 111 Å². The van der Waals surface area contributed by atoms with E-state index in [1.165, 1.54) is 5.56 Å². The molecule has 3 aromatic rings. The molecule has 1 aliphatic heterocycles. The SMILES string of the molecule is COc1ccc2nccc([C@H](O)CC[C@@H]3CCN(CCCCc4ccccc4Cl)C[C@H]3CCC(=O)O)c2c1. The second-order valence-electron chi connectivity index (χ2n) is 10.5. The van der Waals surface area contributed by atoms with Gasteiger partial charge in [0, 0.05) is 29.6 Å². The zero-order chi connectivity index (χ0) is 26.9. The van der Waals surface area contributed by atoms with Crippen LogP contribution in [0.3, 0.4) is 0 Å². The van der Waals surface area contributed by atoms with Crippen molar-refractivity contribution in [1.29, 1.82) is 0 Å². The van der Waals surface area contributed by atoms with Gasteiger partial charge in [0.1, 0.15) is 5.75 Å². The smallest absolute Gasteiger partial charge is 0.303 e. The average molecular weight is 539 g/mol. The van der Waals surface area contributed by atoms with Crippen LogP contribution in [0.15, 0.2) is 54.7 Å². The highest BCUT2D eigenvalue weighted by Crippen LogP contribution is 2.35. The minimum Gasteiger partial charge on any atom is -0.497 e. The Balaban J connectivity index is 1.32. The first-order valence-corrected chi connectivity index (χ1v) is 14.1. The molecule has 7 heteroatoms. The molecule has 1 aliphatic rings. The number of piperidine rings is 1. The van der Waals surface area contributed by atoms with Gasteiger partial charge < -0.3 is 19.8 Å². The van der Waals surface area contributed by atoms with Crippen LogP contribution >= 0.6 is 11.6 Å². The number of rotatable bonds is 13. The van der Waals surface area contributed by atoms with Crippen molar-refractivity contribution in [3.05, 3.63) is 70.9 Å². The highest BCUT2D eigenvalue weighted by molar-refractivity contribution is 6.31. The molecule has 0 spiro atoms. The Labute approximate surface area is 230 Å². The van der Waals surface area contributed by atoms with E-state index in [0.29, 0.717) is 24.7 Å². The van der Waals surface area contributed by atoms with E-state index >= 15 is 0 Å². The summed E-state index contributed by atoms with van der Waals surface area (Å²) in [7, 11) is 1.64. The van der Waals surface area contributed by atoms with Gasteiger partial charge in [0.15, 0.2) is 0 Å². The minimum atomic E-state index is -0.738. The Morgan fingerprint density at radius 2 is 2.00 bits per heavy atom. The molecule has 0 aliphatic carbocycles. The van der Waals surface area contributed by atoms with Crippen molar-refractivity contribution in [2.75, 3.05) is 26.7 Å². The quantitative estimate of drug-likeness (QED) is 0.240. The number of ether oxygens (including phenoxy) is 1. The summed E-state index contributed by atoms with van der Waals surface area (Å²) in [6, 6.07) is 15.6. The molecule has 1 aromatic heterocycles. The maximum Gasteiger partial charge on any atom is 0.303 e. The molecule has 6 nitrogen and oxygen atoms in total. The number of hydrogen-bond donors (Lipinski definition) is 2. The van der Waals surface area contributed by atoms with Crippen LogP contribution in [0.1, 0.15) is 62.2 Å². The number of methoxy groups -OCH3 is 1. The molecular weight excluding hydrogens is 500 g/mol. The molecule has 0 amide bonds. The van der Waals surface area contributed by atoms with Crippen LogP contribution in [0.25, 0.3) is 10.9 Å². The molecule has 0 saturated carbocycles. The Morgan fingerprint density at radius 3 is 2.79 bits per heavy atom. The Bertz CT molecular complexity index is 1200. The third-order valence-electron chi connectivity index (χ3n) is 7.99. The van der Waals surface area contributed by atoms with Gasteiger partial charge in [-0.1, -0.05) is 29.8 Å². The standard InChI is InChI=1S/C31H39ClN2O4/c1-38-25-11-12-29-27(20-25)26(15-17-33-29)30(35)13-9-22-16-19-34(21-24(22)10-14-31(36)37)18-5-4-7-23-6-2-3-8-28(23)32/h2-3,6,8,11-12,15,17,20,22,24,30,35H,4-5,7,9-10,13-14,16,18-19,21H2,1H3,(H,36,37)/t22-,24-,30-/m1/s1. The van der Waals surface area contributed by atoms with Gasteiger partial charge in [-0.15, -0.1) is 0 Å². The molecule has 4 rings (SSSR count). The summed E-state index contributed by atoms with van der Waals surface area (Å²) >= 11 is 6.30. The van der Waals surface area contributed by atoms with E-state index in [1.807, 2.05) is 42.5 Å². The van der Waals surface area contributed by atoms with Crippen LogP contribution in [0.2, 0.25) is 5.02 Å². The number of aromatic nitrogens is 1. The van der Waals surface area contributed by atoms with Crippen molar-refractivity contribution >= 4 is 28.5 Å². The normalized spacial score (nSPS) is 18.9. The summed E-state index contributed by atoms with van der Waals surface area (Å²) in [6.07, 6.45) is 7.73. The van der Waals surface area contributed by atoms with Crippen LogP contribution in [0, 0.1) is 11.8 Å². The van der Waals surface area contributed by atoms with Crippen LogP contribution in [-0.2, 0) is 11.2 Å². The second-order valence-corrected chi connectivity index (χ2v) is 10.9. The van der Waals surface area contributed by atoms with Gasteiger partial charge in [-0.25, -0.2) is 0 Å². The molecule has 38 heavy (non-hydrogen) atoms. The van der Waals surface area contributed by atoms with E-state index in [9.17, 15) is 15.0 Å². The summed E-state index contributed by atoms with van der Waals surface area (Å²) in [5.74, 6) is 0.737. The van der Waals surface area contributed by atoms with Crippen LogP contribution < -0.4 is 4.74 Å². The van der Waals surface area contributed by atoms with Gasteiger partial charge in [0.2, 0.25) is 0 Å². The van der Waals surface area contributed by atoms with Crippen LogP contribution in [0.4, 0.5) is 0 Å². The number of hydrogen-bond acceptors (Lipinski definition) is 5. The van der Waals surface area contributed by atoms with E-state index in [0.717, 1.165) is 79.0 Å². The number of halogens is 1. The van der Waals surface area contributed by atoms with E-state index in [1.54, 1.807) is 13.3 Å². The lowest BCUT2D eigenvalue weighted by atomic mass is 9.79. The summed E-state index contributed by atoms with van der Waals surface area (Å²) in [5.41, 5.74) is 2.91. The van der Waals surface area contributed by atoms with Crippen molar-refractivity contribution < 1.29 is 19.7 Å². The highest BCUT2D eigenvalue weighted by Gasteiger charge is 2.30. The second kappa shape index (κ2) is 13.9. The number of aliphatic hydroxyl groups is 1. The number of carboxylic acid groups (broad SMARTS) is 1. The van der Waals surface area contributed by atoms with E-state index in [4.69, 9.17) is 16.3 Å². The molecule has 3 atom stereocenters. The fourth-order valence-electron chi connectivity index (χ4n) is 5.82. The van der Waals surface area contributed by atoms with E-state index in [-0.39, 0.29) is 6.42 Å². The molecule has 1 saturated heterocycles. The molecule has 2 N–H and O–H groups in total. The summed E-state index contributed by atoms with van der Waals surface area (Å²) in [4.78, 5) is 18.3. The third-order valence-corrected chi connectivity index (χ3v) is 8.35. The van der Waals surface area contributed by atoms with Crippen LogP contribution in [0.5, 0.6) is 5.75 Å². The molecule has 0 radical (unpaired) electrons. The fraction of sp³-hybridized carbons (Fsp3) is 0.484. The first-order valence-electron chi connectivity index (χ1n) is 13.7. The number of unbranched alkanes of at least 4 members (excludes halogenated alkanes) is 1. The molecule has 2 aromatic carbocycles. The van der Waals surface area contributed by atoms with Crippen molar-refractivity contribution in [3.8, 4) is 5.75 Å². The number of carboxylic acids is 1. The Kier molecular flexibility index (Phi) is 10.4. The van der Waals surface area contributed by atoms with Crippen molar-refractivity contribution in [1.82, 2.24) is 9.88 Å². The number of aliphatic hydroxyl groups excluding tert-OH is 1. The first-order chi connectivity index (χ1) is 18.4. The van der Waals surface area contributed by atoms with Crippen molar-refractivity contribution in [2.24, 2.45) is 11.8 Å². The number of aliphatic carboxylic acids is 1. The molecule has 2 heterocycles. The number of benzene rings is 2. The zero-order valence-electron chi connectivity index (χ0n) is 22.2. The highest BCUT2D eigenvalue weighted by atomic mass is 35.5. The Hall–Kier alpha value is -2.67. The monoisotopic (exact) mass is 538 g/mol. The van der Waals surface area contributed by atoms with E-state index in [2.05, 4.69) is 16.0 Å². The van der Waals surface area contributed by atoms with Gasteiger partial charge in [0.05, 0.1) is 18.7 Å². The van der Waals surface area contributed by atoms with Gasteiger partial charge in [0.25, 0.3) is 0 Å². The van der Waals surface area contributed by atoms with Gasteiger partial charge in [-0.3, -0.25) is 9.78 Å². The number of aryl methyl sites for hydroxylation is 1. The summed E-state index contributed by atoms with van der Waals surface area (Å²) < 4.78 is 5.38. The number of fused-ring (bicyclic) bond motifs is 1. The Morgan fingerprint density at radius 1 is 1.16 bits per heavy atom. The predicted octanol–water partition coefficient (Wildman–Crippen LogP) is 6.54. The number of nitrogens with zero attached hydrogens (tertiary/aromatic N) is 2. The third kappa shape index (κ3) is 7.68. The fourth-order valence-corrected chi connectivity index (χ4v) is 6.05. The number of likely N-dealkylation sites (tertiary alicyclic amines) is 1. The topological polar surface area (TPSA) is 82.9 Å². The molecule has 0 bridgehead atoms. The lowest BCUT2D eigenvalue weighted by Gasteiger charge is -2.39.